The van der Waals surface area contributed by atoms with E-state index in [1.165, 1.54) is 43.2 Å². The van der Waals surface area contributed by atoms with Crippen molar-refractivity contribution in [2.45, 2.75) is 76.9 Å². The largest absolute Gasteiger partial charge is 0.481 e. The van der Waals surface area contributed by atoms with Crippen LogP contribution in [0.3, 0.4) is 0 Å². The molecule has 2 aliphatic carbocycles. The number of carbonyl (C=O) groups excluding carboxylic acids is 1. The minimum absolute atomic E-state index is 0.0281. The predicted molar refractivity (Wildman–Crippen MR) is 88.2 cm³/mol. The zero-order chi connectivity index (χ0) is 15.4. The minimum atomic E-state index is -0.421. The van der Waals surface area contributed by atoms with E-state index in [0.29, 0.717) is 6.04 Å². The molecule has 1 aromatic rings. The third kappa shape index (κ3) is 3.63. The van der Waals surface area contributed by atoms with Crippen molar-refractivity contribution in [1.29, 1.82) is 0 Å². The molecule has 0 saturated heterocycles. The highest BCUT2D eigenvalue weighted by molar-refractivity contribution is 5.81. The van der Waals surface area contributed by atoms with Gasteiger partial charge in [0, 0.05) is 6.04 Å². The zero-order valence-corrected chi connectivity index (χ0v) is 13.6. The number of hydrogen-bond acceptors (Lipinski definition) is 2. The average Bonchev–Trinajstić information content (AvgIpc) is 2.56. The number of carbonyl (C=O) groups is 1. The molecule has 0 bridgehead atoms. The van der Waals surface area contributed by atoms with Gasteiger partial charge >= 0.3 is 0 Å². The topological polar surface area (TPSA) is 38.3 Å². The predicted octanol–water partition coefficient (Wildman–Crippen LogP) is 3.78. The van der Waals surface area contributed by atoms with Crippen LogP contribution in [0.5, 0.6) is 5.75 Å². The van der Waals surface area contributed by atoms with Crippen LogP contribution in [0, 0.1) is 0 Å². The standard InChI is InChI=1S/C19H27NO2/c1-14(19(21)20-16-10-3-2-4-11-16)22-18-13-7-9-15-8-5-6-12-17(15)18/h7,9,13-14,16H,2-6,8,10-12H2,1H3,(H,20,21)/t14-/m0/s1. The third-order valence-corrected chi connectivity index (χ3v) is 4.98. The van der Waals surface area contributed by atoms with E-state index in [4.69, 9.17) is 4.74 Å². The van der Waals surface area contributed by atoms with E-state index >= 15 is 0 Å². The van der Waals surface area contributed by atoms with Gasteiger partial charge in [0.25, 0.3) is 5.91 Å². The fourth-order valence-corrected chi connectivity index (χ4v) is 3.67. The molecular weight excluding hydrogens is 274 g/mol. The second-order valence-corrected chi connectivity index (χ2v) is 6.70. The molecule has 1 atom stereocenters. The van der Waals surface area contributed by atoms with Crippen LogP contribution in [0.1, 0.15) is 63.0 Å². The van der Waals surface area contributed by atoms with Crippen LogP contribution < -0.4 is 10.1 Å². The molecular formula is C19H27NO2. The first-order valence-corrected chi connectivity index (χ1v) is 8.82. The number of hydrogen-bond donors (Lipinski definition) is 1. The summed E-state index contributed by atoms with van der Waals surface area (Å²) < 4.78 is 6.00. The summed E-state index contributed by atoms with van der Waals surface area (Å²) in [4.78, 5) is 12.3. The van der Waals surface area contributed by atoms with Crippen molar-refractivity contribution in [3.05, 3.63) is 29.3 Å². The van der Waals surface area contributed by atoms with E-state index < -0.39 is 6.10 Å². The number of nitrogens with one attached hydrogen (secondary N) is 1. The fraction of sp³-hybridized carbons (Fsp3) is 0.632. The van der Waals surface area contributed by atoms with Gasteiger partial charge in [0.1, 0.15) is 5.75 Å². The summed E-state index contributed by atoms with van der Waals surface area (Å²) in [6.45, 7) is 1.86. The summed E-state index contributed by atoms with van der Waals surface area (Å²) in [5, 5.41) is 3.15. The molecule has 0 aliphatic heterocycles. The van der Waals surface area contributed by atoms with Crippen molar-refractivity contribution in [3.63, 3.8) is 0 Å². The molecule has 0 spiro atoms. The normalized spacial score (nSPS) is 20.0. The van der Waals surface area contributed by atoms with Crippen LogP contribution >= 0.6 is 0 Å². The highest BCUT2D eigenvalue weighted by Gasteiger charge is 2.22. The van der Waals surface area contributed by atoms with E-state index in [9.17, 15) is 4.79 Å². The van der Waals surface area contributed by atoms with Crippen LogP contribution in [0.2, 0.25) is 0 Å². The van der Waals surface area contributed by atoms with Crippen LogP contribution in [0.4, 0.5) is 0 Å². The Labute approximate surface area is 133 Å². The first kappa shape index (κ1) is 15.4. The first-order valence-electron chi connectivity index (χ1n) is 8.82. The molecule has 120 valence electrons. The monoisotopic (exact) mass is 301 g/mol. The maximum Gasteiger partial charge on any atom is 0.260 e. The summed E-state index contributed by atoms with van der Waals surface area (Å²) in [6, 6.07) is 6.59. The van der Waals surface area contributed by atoms with Crippen LogP contribution in [0.25, 0.3) is 0 Å². The molecule has 1 aromatic carbocycles. The van der Waals surface area contributed by atoms with Gasteiger partial charge in [-0.3, -0.25) is 4.79 Å². The van der Waals surface area contributed by atoms with E-state index in [2.05, 4.69) is 11.4 Å². The molecule has 0 aromatic heterocycles. The van der Waals surface area contributed by atoms with Gasteiger partial charge in [-0.2, -0.15) is 0 Å². The van der Waals surface area contributed by atoms with Crippen molar-refractivity contribution >= 4 is 5.91 Å². The molecule has 2 aliphatic rings. The second kappa shape index (κ2) is 7.17. The van der Waals surface area contributed by atoms with Gasteiger partial charge in [0.05, 0.1) is 0 Å². The number of aryl methyl sites for hydroxylation is 1. The number of benzene rings is 1. The molecule has 1 amide bonds. The second-order valence-electron chi connectivity index (χ2n) is 6.70. The van der Waals surface area contributed by atoms with Gasteiger partial charge in [-0.25, -0.2) is 0 Å². The highest BCUT2D eigenvalue weighted by Crippen LogP contribution is 2.30. The lowest BCUT2D eigenvalue weighted by Gasteiger charge is -2.26. The molecule has 0 unspecified atom stereocenters. The lowest BCUT2D eigenvalue weighted by atomic mass is 9.91. The zero-order valence-electron chi connectivity index (χ0n) is 13.6. The van der Waals surface area contributed by atoms with Gasteiger partial charge < -0.3 is 10.1 Å². The Hall–Kier alpha value is -1.51. The summed E-state index contributed by atoms with van der Waals surface area (Å²) >= 11 is 0. The molecule has 3 rings (SSSR count). The number of fused-ring (bicyclic) bond motifs is 1. The van der Waals surface area contributed by atoms with Crippen LogP contribution in [-0.2, 0) is 17.6 Å². The Morgan fingerprint density at radius 2 is 1.91 bits per heavy atom. The maximum absolute atomic E-state index is 12.3. The third-order valence-electron chi connectivity index (χ3n) is 4.98. The lowest BCUT2D eigenvalue weighted by Crippen LogP contribution is -2.43. The van der Waals surface area contributed by atoms with Crippen molar-refractivity contribution in [2.75, 3.05) is 0 Å². The van der Waals surface area contributed by atoms with Gasteiger partial charge in [0.15, 0.2) is 6.10 Å². The molecule has 1 fully saturated rings. The van der Waals surface area contributed by atoms with Crippen LogP contribution in [-0.4, -0.2) is 18.1 Å². The fourth-order valence-electron chi connectivity index (χ4n) is 3.67. The average molecular weight is 301 g/mol. The van der Waals surface area contributed by atoms with E-state index in [0.717, 1.165) is 31.4 Å². The Morgan fingerprint density at radius 1 is 1.14 bits per heavy atom. The molecule has 22 heavy (non-hydrogen) atoms. The minimum Gasteiger partial charge on any atom is -0.481 e. The quantitative estimate of drug-likeness (QED) is 0.919. The molecule has 1 N–H and O–H groups in total. The van der Waals surface area contributed by atoms with Gasteiger partial charge in [-0.15, -0.1) is 0 Å². The number of amides is 1. The summed E-state index contributed by atoms with van der Waals surface area (Å²) in [5.41, 5.74) is 2.70. The number of rotatable bonds is 4. The van der Waals surface area contributed by atoms with E-state index in [-0.39, 0.29) is 5.91 Å². The van der Waals surface area contributed by atoms with Gasteiger partial charge in [-0.1, -0.05) is 31.4 Å². The molecule has 1 saturated carbocycles. The molecule has 0 heterocycles. The maximum atomic E-state index is 12.3. The van der Waals surface area contributed by atoms with Crippen molar-refractivity contribution in [3.8, 4) is 5.75 Å². The first-order chi connectivity index (χ1) is 10.7. The Morgan fingerprint density at radius 3 is 2.73 bits per heavy atom. The van der Waals surface area contributed by atoms with Gasteiger partial charge in [0.2, 0.25) is 0 Å². The Kier molecular flexibility index (Phi) is 5.01. The summed E-state index contributed by atoms with van der Waals surface area (Å²) in [7, 11) is 0. The SMILES string of the molecule is C[C@H](Oc1cccc2c1CCCC2)C(=O)NC1CCCCC1. The van der Waals surface area contributed by atoms with E-state index in [1.54, 1.807) is 0 Å². The highest BCUT2D eigenvalue weighted by atomic mass is 16.5. The van der Waals surface area contributed by atoms with Crippen LogP contribution in [0.15, 0.2) is 18.2 Å². The van der Waals surface area contributed by atoms with Crippen molar-refractivity contribution in [2.24, 2.45) is 0 Å². The van der Waals surface area contributed by atoms with E-state index in [1.807, 2.05) is 19.1 Å². The van der Waals surface area contributed by atoms with Gasteiger partial charge in [-0.05, 0) is 62.6 Å². The molecule has 0 radical (unpaired) electrons. The molecule has 3 nitrogen and oxygen atoms in total. The summed E-state index contributed by atoms with van der Waals surface area (Å²) in [5.74, 6) is 0.934. The van der Waals surface area contributed by atoms with Crippen molar-refractivity contribution < 1.29 is 9.53 Å². The molecule has 3 heteroatoms. The summed E-state index contributed by atoms with van der Waals surface area (Å²) in [6.07, 6.45) is 10.2. The smallest absolute Gasteiger partial charge is 0.260 e. The Balaban J connectivity index is 1.61. The Bertz CT molecular complexity index is 520. The van der Waals surface area contributed by atoms with Crippen molar-refractivity contribution in [1.82, 2.24) is 5.32 Å². The number of ether oxygens (including phenoxy) is 1. The lowest BCUT2D eigenvalue weighted by molar-refractivity contribution is -0.128.